The molecule has 0 radical (unpaired) electrons. The molecular weight excluding hydrogens is 264 g/mol. The van der Waals surface area contributed by atoms with Gasteiger partial charge in [0.2, 0.25) is 0 Å². The summed E-state index contributed by atoms with van der Waals surface area (Å²) in [7, 11) is 1.65. The number of ether oxygens (including phenoxy) is 1. The van der Waals surface area contributed by atoms with Crippen molar-refractivity contribution in [3.8, 4) is 17.0 Å². The zero-order chi connectivity index (χ0) is 15.0. The summed E-state index contributed by atoms with van der Waals surface area (Å²) >= 11 is 0. The molecule has 1 aliphatic carbocycles. The van der Waals surface area contributed by atoms with Crippen molar-refractivity contribution in [2.45, 2.75) is 32.4 Å². The number of pyridine rings is 1. The van der Waals surface area contributed by atoms with Gasteiger partial charge >= 0.3 is 0 Å². The zero-order valence-electron chi connectivity index (χ0n) is 12.4. The molecule has 1 fully saturated rings. The van der Waals surface area contributed by atoms with E-state index in [1.54, 1.807) is 7.11 Å². The average Bonchev–Trinajstić information content (AvgIpc) is 3.31. The number of nitrogens with two attached hydrogens (primary N) is 1. The molecule has 1 aromatic heterocycles. The van der Waals surface area contributed by atoms with Crippen LogP contribution in [0.1, 0.15) is 30.0 Å². The first-order valence-electron chi connectivity index (χ1n) is 7.25. The topological polar surface area (TPSA) is 57.2 Å². The SMILES string of the molecule is COc1ccccc1-c1cc(C)c(CN)c(=O)n1C1CC1. The Morgan fingerprint density at radius 1 is 1.33 bits per heavy atom. The Bertz CT molecular complexity index is 730. The van der Waals surface area contributed by atoms with Crippen LogP contribution in [0.4, 0.5) is 0 Å². The Labute approximate surface area is 124 Å². The van der Waals surface area contributed by atoms with Crippen LogP contribution in [0.15, 0.2) is 35.1 Å². The summed E-state index contributed by atoms with van der Waals surface area (Å²) in [6.07, 6.45) is 2.10. The average molecular weight is 284 g/mol. The minimum atomic E-state index is 0.0425. The number of rotatable bonds is 4. The van der Waals surface area contributed by atoms with Crippen molar-refractivity contribution in [2.75, 3.05) is 7.11 Å². The second-order valence-electron chi connectivity index (χ2n) is 5.50. The Morgan fingerprint density at radius 2 is 2.05 bits per heavy atom. The van der Waals surface area contributed by atoms with Crippen LogP contribution >= 0.6 is 0 Å². The van der Waals surface area contributed by atoms with Crippen molar-refractivity contribution in [1.82, 2.24) is 4.57 Å². The van der Waals surface area contributed by atoms with Crippen LogP contribution in [0, 0.1) is 6.92 Å². The monoisotopic (exact) mass is 284 g/mol. The van der Waals surface area contributed by atoms with E-state index in [0.717, 1.165) is 35.4 Å². The van der Waals surface area contributed by atoms with Crippen molar-refractivity contribution in [3.63, 3.8) is 0 Å². The van der Waals surface area contributed by atoms with Crippen LogP contribution < -0.4 is 16.0 Å². The van der Waals surface area contributed by atoms with Gasteiger partial charge in [-0.15, -0.1) is 0 Å². The van der Waals surface area contributed by atoms with Gasteiger partial charge in [-0.25, -0.2) is 0 Å². The summed E-state index contributed by atoms with van der Waals surface area (Å²) in [5.41, 5.74) is 9.32. The molecule has 4 nitrogen and oxygen atoms in total. The van der Waals surface area contributed by atoms with Gasteiger partial charge in [0, 0.05) is 23.7 Å². The first-order valence-corrected chi connectivity index (χ1v) is 7.25. The number of hydrogen-bond acceptors (Lipinski definition) is 3. The van der Waals surface area contributed by atoms with Crippen LogP contribution in [0.5, 0.6) is 5.75 Å². The highest BCUT2D eigenvalue weighted by atomic mass is 16.5. The van der Waals surface area contributed by atoms with Gasteiger partial charge in [-0.1, -0.05) is 12.1 Å². The molecule has 0 unspecified atom stereocenters. The fourth-order valence-electron chi connectivity index (χ4n) is 2.79. The second kappa shape index (κ2) is 5.37. The summed E-state index contributed by atoms with van der Waals surface area (Å²) in [6.45, 7) is 2.23. The summed E-state index contributed by atoms with van der Waals surface area (Å²) in [6, 6.07) is 10.2. The maximum absolute atomic E-state index is 12.7. The van der Waals surface area contributed by atoms with Gasteiger partial charge in [0.25, 0.3) is 5.56 Å². The fraction of sp³-hybridized carbons (Fsp3) is 0.353. The molecule has 0 atom stereocenters. The smallest absolute Gasteiger partial charge is 0.256 e. The van der Waals surface area contributed by atoms with Gasteiger partial charge < -0.3 is 15.0 Å². The Hall–Kier alpha value is -2.07. The van der Waals surface area contributed by atoms with Crippen molar-refractivity contribution in [1.29, 1.82) is 0 Å². The highest BCUT2D eigenvalue weighted by Gasteiger charge is 2.29. The molecular formula is C17H20N2O2. The Kier molecular flexibility index (Phi) is 3.55. The molecule has 0 saturated heterocycles. The lowest BCUT2D eigenvalue weighted by atomic mass is 10.0. The van der Waals surface area contributed by atoms with Crippen LogP contribution in [0.2, 0.25) is 0 Å². The summed E-state index contributed by atoms with van der Waals surface area (Å²) in [5.74, 6) is 0.784. The van der Waals surface area contributed by atoms with Crippen molar-refractivity contribution < 1.29 is 4.74 Å². The second-order valence-corrected chi connectivity index (χ2v) is 5.50. The van der Waals surface area contributed by atoms with Crippen molar-refractivity contribution >= 4 is 0 Å². The van der Waals surface area contributed by atoms with E-state index in [1.165, 1.54) is 0 Å². The molecule has 0 bridgehead atoms. The molecule has 1 aliphatic rings. The molecule has 2 aromatic rings. The summed E-state index contributed by atoms with van der Waals surface area (Å²) < 4.78 is 7.35. The number of para-hydroxylation sites is 1. The maximum Gasteiger partial charge on any atom is 0.256 e. The lowest BCUT2D eigenvalue weighted by Crippen LogP contribution is -2.27. The van der Waals surface area contributed by atoms with Crippen LogP contribution in [-0.2, 0) is 6.54 Å². The normalized spacial score (nSPS) is 14.2. The number of methoxy groups -OCH3 is 1. The van der Waals surface area contributed by atoms with E-state index in [9.17, 15) is 4.79 Å². The molecule has 0 aliphatic heterocycles. The standard InChI is InChI=1S/C17H20N2O2/c1-11-9-15(13-5-3-4-6-16(13)21-2)19(12-7-8-12)17(20)14(11)10-18/h3-6,9,12H,7-8,10,18H2,1-2H3. The van der Waals surface area contributed by atoms with E-state index in [0.29, 0.717) is 11.6 Å². The first-order chi connectivity index (χ1) is 10.2. The molecule has 21 heavy (non-hydrogen) atoms. The van der Waals surface area contributed by atoms with E-state index in [1.807, 2.05) is 35.8 Å². The minimum absolute atomic E-state index is 0.0425. The summed E-state index contributed by atoms with van der Waals surface area (Å²) in [5, 5.41) is 0. The van der Waals surface area contributed by atoms with E-state index in [4.69, 9.17) is 10.5 Å². The predicted octanol–water partition coefficient (Wildman–Crippen LogP) is 2.63. The number of hydrogen-bond donors (Lipinski definition) is 1. The van der Waals surface area contributed by atoms with Crippen LogP contribution in [0.25, 0.3) is 11.3 Å². The zero-order valence-corrected chi connectivity index (χ0v) is 12.4. The Balaban J connectivity index is 2.29. The molecule has 0 amide bonds. The lowest BCUT2D eigenvalue weighted by Gasteiger charge is -2.17. The molecule has 2 N–H and O–H groups in total. The number of aryl methyl sites for hydroxylation is 1. The number of nitrogens with zero attached hydrogens (tertiary/aromatic N) is 1. The van der Waals surface area contributed by atoms with Gasteiger partial charge in [0.05, 0.1) is 12.8 Å². The highest BCUT2D eigenvalue weighted by Crippen LogP contribution is 2.39. The number of aromatic nitrogens is 1. The van der Waals surface area contributed by atoms with E-state index >= 15 is 0 Å². The fourth-order valence-corrected chi connectivity index (χ4v) is 2.79. The first kappa shape index (κ1) is 13.9. The van der Waals surface area contributed by atoms with Gasteiger partial charge in [0.1, 0.15) is 5.75 Å². The minimum Gasteiger partial charge on any atom is -0.496 e. The third-order valence-electron chi connectivity index (χ3n) is 4.06. The summed E-state index contributed by atoms with van der Waals surface area (Å²) in [4.78, 5) is 12.7. The molecule has 1 saturated carbocycles. The van der Waals surface area contributed by atoms with Gasteiger partial charge in [-0.3, -0.25) is 4.79 Å². The van der Waals surface area contributed by atoms with Crippen LogP contribution in [0.3, 0.4) is 0 Å². The number of benzene rings is 1. The van der Waals surface area contributed by atoms with E-state index < -0.39 is 0 Å². The van der Waals surface area contributed by atoms with Crippen molar-refractivity contribution in [3.05, 3.63) is 51.8 Å². The Morgan fingerprint density at radius 3 is 2.67 bits per heavy atom. The van der Waals surface area contributed by atoms with Gasteiger partial charge in [0.15, 0.2) is 0 Å². The molecule has 110 valence electrons. The van der Waals surface area contributed by atoms with Crippen molar-refractivity contribution in [2.24, 2.45) is 5.73 Å². The maximum atomic E-state index is 12.7. The molecule has 1 heterocycles. The van der Waals surface area contributed by atoms with Gasteiger partial charge in [-0.05, 0) is 43.5 Å². The third kappa shape index (κ3) is 2.36. The molecule has 3 rings (SSSR count). The third-order valence-corrected chi connectivity index (χ3v) is 4.06. The van der Waals surface area contributed by atoms with E-state index in [2.05, 4.69) is 6.07 Å². The quantitative estimate of drug-likeness (QED) is 0.939. The molecule has 0 spiro atoms. The van der Waals surface area contributed by atoms with E-state index in [-0.39, 0.29) is 12.1 Å². The lowest BCUT2D eigenvalue weighted by molar-refractivity contribution is 0.416. The largest absolute Gasteiger partial charge is 0.496 e. The predicted molar refractivity (Wildman–Crippen MR) is 83.6 cm³/mol. The highest BCUT2D eigenvalue weighted by molar-refractivity contribution is 5.68. The van der Waals surface area contributed by atoms with Crippen LogP contribution in [-0.4, -0.2) is 11.7 Å². The molecule has 4 heteroatoms. The van der Waals surface area contributed by atoms with Gasteiger partial charge in [-0.2, -0.15) is 0 Å². The molecule has 1 aromatic carbocycles.